The molecule has 0 aliphatic carbocycles. The zero-order chi connectivity index (χ0) is 19.1. The van der Waals surface area contributed by atoms with Gasteiger partial charge in [-0.25, -0.2) is 0 Å². The van der Waals surface area contributed by atoms with E-state index >= 15 is 0 Å². The molecule has 0 rings (SSSR count). The molecular formula is C18H28O6. The van der Waals surface area contributed by atoms with Gasteiger partial charge in [-0.05, 0) is 27.7 Å². The van der Waals surface area contributed by atoms with Crippen molar-refractivity contribution in [3.8, 4) is 24.7 Å². The maximum atomic E-state index is 10.5. The number of terminal acetylenes is 2. The van der Waals surface area contributed by atoms with Crippen molar-refractivity contribution in [2.75, 3.05) is 13.2 Å². The average Bonchev–Trinajstić information content (AvgIpc) is 2.49. The van der Waals surface area contributed by atoms with E-state index < -0.39 is 0 Å². The van der Waals surface area contributed by atoms with Crippen LogP contribution >= 0.6 is 0 Å². The first-order chi connectivity index (χ1) is 11.1. The quantitative estimate of drug-likeness (QED) is 0.497. The molecule has 0 radical (unpaired) electrons. The fraction of sp³-hybridized carbons (Fsp3) is 0.667. The molecule has 0 N–H and O–H groups in total. The number of carbonyl (C=O) groups excluding carboxylic acids is 2. The lowest BCUT2D eigenvalue weighted by Crippen LogP contribution is -2.21. The number of hydrogen-bond acceptors (Lipinski definition) is 6. The van der Waals surface area contributed by atoms with Crippen molar-refractivity contribution in [1.82, 2.24) is 0 Å². The highest BCUT2D eigenvalue weighted by atomic mass is 16.6. The van der Waals surface area contributed by atoms with Crippen LogP contribution in [0, 0.1) is 24.7 Å². The Morgan fingerprint density at radius 1 is 0.792 bits per heavy atom. The Morgan fingerprint density at radius 3 is 1.29 bits per heavy atom. The molecule has 6 heteroatoms. The van der Waals surface area contributed by atoms with Gasteiger partial charge in [0.25, 0.3) is 0 Å². The van der Waals surface area contributed by atoms with E-state index in [2.05, 4.69) is 11.8 Å². The van der Waals surface area contributed by atoms with Crippen molar-refractivity contribution >= 4 is 11.9 Å². The van der Waals surface area contributed by atoms with Gasteiger partial charge in [0.15, 0.2) is 0 Å². The SMILES string of the molecule is C#CC(C)OCC(C)OC(C)=O.C#CC(C)OCC(C)OC(C)=O. The number of rotatable bonds is 8. The topological polar surface area (TPSA) is 71.1 Å². The van der Waals surface area contributed by atoms with Crippen LogP contribution in [0.4, 0.5) is 0 Å². The van der Waals surface area contributed by atoms with E-state index in [4.69, 9.17) is 31.8 Å². The molecule has 24 heavy (non-hydrogen) atoms. The molecular weight excluding hydrogens is 312 g/mol. The molecule has 0 bridgehead atoms. The molecule has 4 atom stereocenters. The van der Waals surface area contributed by atoms with Gasteiger partial charge in [-0.15, -0.1) is 12.8 Å². The van der Waals surface area contributed by atoms with Crippen LogP contribution in [-0.4, -0.2) is 49.6 Å². The molecule has 0 heterocycles. The van der Waals surface area contributed by atoms with Crippen molar-refractivity contribution in [1.29, 1.82) is 0 Å². The fourth-order valence-corrected chi connectivity index (χ4v) is 1.29. The molecule has 0 aromatic carbocycles. The van der Waals surface area contributed by atoms with Gasteiger partial charge in [-0.2, -0.15) is 0 Å². The molecule has 0 aliphatic rings. The van der Waals surface area contributed by atoms with Crippen LogP contribution in [-0.2, 0) is 28.5 Å². The van der Waals surface area contributed by atoms with Crippen molar-refractivity contribution in [3.05, 3.63) is 0 Å². The van der Waals surface area contributed by atoms with Crippen LogP contribution in [0.5, 0.6) is 0 Å². The van der Waals surface area contributed by atoms with E-state index in [0.29, 0.717) is 13.2 Å². The van der Waals surface area contributed by atoms with E-state index in [9.17, 15) is 9.59 Å². The van der Waals surface area contributed by atoms with Crippen LogP contribution in [0.25, 0.3) is 0 Å². The minimum absolute atomic E-state index is 0.233. The Morgan fingerprint density at radius 2 is 1.08 bits per heavy atom. The van der Waals surface area contributed by atoms with Gasteiger partial charge in [0.1, 0.15) is 24.4 Å². The molecule has 0 aliphatic heterocycles. The summed E-state index contributed by atoms with van der Waals surface area (Å²) in [6, 6.07) is 0. The summed E-state index contributed by atoms with van der Waals surface area (Å²) in [4.78, 5) is 20.9. The van der Waals surface area contributed by atoms with Crippen molar-refractivity contribution in [3.63, 3.8) is 0 Å². The predicted octanol–water partition coefficient (Wildman–Crippen LogP) is 1.95. The largest absolute Gasteiger partial charge is 0.460 e. The summed E-state index contributed by atoms with van der Waals surface area (Å²) in [5.74, 6) is 4.21. The van der Waals surface area contributed by atoms with E-state index in [0.717, 1.165) is 0 Å². The zero-order valence-corrected chi connectivity index (χ0v) is 15.3. The molecule has 136 valence electrons. The Kier molecular flexibility index (Phi) is 14.7. The smallest absolute Gasteiger partial charge is 0.302 e. The van der Waals surface area contributed by atoms with Gasteiger partial charge >= 0.3 is 11.9 Å². The van der Waals surface area contributed by atoms with E-state index in [1.165, 1.54) is 13.8 Å². The lowest BCUT2D eigenvalue weighted by Gasteiger charge is -2.13. The molecule has 0 spiro atoms. The third-order valence-electron chi connectivity index (χ3n) is 2.37. The summed E-state index contributed by atoms with van der Waals surface area (Å²) in [5, 5.41) is 0. The molecule has 4 unspecified atom stereocenters. The summed E-state index contributed by atoms with van der Waals surface area (Å²) >= 11 is 0. The lowest BCUT2D eigenvalue weighted by molar-refractivity contribution is -0.149. The van der Waals surface area contributed by atoms with E-state index in [1.807, 2.05) is 0 Å². The first kappa shape index (κ1) is 24.2. The van der Waals surface area contributed by atoms with Gasteiger partial charge in [0, 0.05) is 13.8 Å². The van der Waals surface area contributed by atoms with Crippen LogP contribution in [0.15, 0.2) is 0 Å². The monoisotopic (exact) mass is 340 g/mol. The first-order valence-corrected chi connectivity index (χ1v) is 7.62. The normalized spacial score (nSPS) is 14.5. The summed E-state index contributed by atoms with van der Waals surface area (Å²) in [6.07, 6.45) is 9.21. The molecule has 0 aromatic rings. The Bertz CT molecular complexity index is 403. The highest BCUT2D eigenvalue weighted by molar-refractivity contribution is 5.66. The molecule has 0 saturated carbocycles. The molecule has 0 aromatic heterocycles. The van der Waals surface area contributed by atoms with Gasteiger partial charge in [-0.3, -0.25) is 9.59 Å². The summed E-state index contributed by atoms with van der Waals surface area (Å²) in [5.41, 5.74) is 0. The Labute approximate surface area is 145 Å². The van der Waals surface area contributed by atoms with Crippen LogP contribution in [0.1, 0.15) is 41.5 Å². The summed E-state index contributed by atoms with van der Waals surface area (Å²) in [6.45, 7) is 10.4. The van der Waals surface area contributed by atoms with Gasteiger partial charge in [-0.1, -0.05) is 11.8 Å². The minimum Gasteiger partial charge on any atom is -0.460 e. The number of hydrogen-bond donors (Lipinski definition) is 0. The zero-order valence-electron chi connectivity index (χ0n) is 15.3. The van der Waals surface area contributed by atoms with Gasteiger partial charge in [0.05, 0.1) is 13.2 Å². The van der Waals surface area contributed by atoms with Crippen LogP contribution < -0.4 is 0 Å². The van der Waals surface area contributed by atoms with Crippen molar-refractivity contribution < 1.29 is 28.5 Å². The predicted molar refractivity (Wildman–Crippen MR) is 91.0 cm³/mol. The maximum absolute atomic E-state index is 10.5. The Balaban J connectivity index is 0. The lowest BCUT2D eigenvalue weighted by atomic mass is 10.4. The third kappa shape index (κ3) is 18.0. The molecule has 0 fully saturated rings. The second kappa shape index (κ2) is 14.6. The molecule has 0 amide bonds. The van der Waals surface area contributed by atoms with Crippen molar-refractivity contribution in [2.45, 2.75) is 66.0 Å². The fourth-order valence-electron chi connectivity index (χ4n) is 1.29. The highest BCUT2D eigenvalue weighted by Crippen LogP contribution is 1.96. The standard InChI is InChI=1S/2C9H14O3/c2*1-5-7(2)11-6-8(3)12-9(4)10/h2*1,7-8H,6H2,2-4H3. The highest BCUT2D eigenvalue weighted by Gasteiger charge is 2.07. The Hall–Kier alpha value is -2.02. The maximum Gasteiger partial charge on any atom is 0.302 e. The third-order valence-corrected chi connectivity index (χ3v) is 2.37. The van der Waals surface area contributed by atoms with E-state index in [-0.39, 0.29) is 36.4 Å². The van der Waals surface area contributed by atoms with Gasteiger partial charge < -0.3 is 18.9 Å². The van der Waals surface area contributed by atoms with E-state index in [1.54, 1.807) is 27.7 Å². The second-order valence-corrected chi connectivity index (χ2v) is 5.12. The molecule has 0 saturated heterocycles. The van der Waals surface area contributed by atoms with Crippen molar-refractivity contribution in [2.24, 2.45) is 0 Å². The number of esters is 2. The number of ether oxygens (including phenoxy) is 4. The first-order valence-electron chi connectivity index (χ1n) is 7.62. The van der Waals surface area contributed by atoms with Crippen LogP contribution in [0.3, 0.4) is 0 Å². The van der Waals surface area contributed by atoms with Crippen LogP contribution in [0.2, 0.25) is 0 Å². The minimum atomic E-state index is -0.306. The molecule has 6 nitrogen and oxygen atoms in total. The van der Waals surface area contributed by atoms with Gasteiger partial charge in [0.2, 0.25) is 0 Å². The average molecular weight is 340 g/mol. The second-order valence-electron chi connectivity index (χ2n) is 5.12. The summed E-state index contributed by atoms with van der Waals surface area (Å²) < 4.78 is 19.9. The number of carbonyl (C=O) groups is 2. The summed E-state index contributed by atoms with van der Waals surface area (Å²) in [7, 11) is 0.